The van der Waals surface area contributed by atoms with Crippen molar-refractivity contribution in [1.82, 2.24) is 18.3 Å². The van der Waals surface area contributed by atoms with Gasteiger partial charge in [0.25, 0.3) is 16.1 Å². The Balaban J connectivity index is 1.79. The van der Waals surface area contributed by atoms with E-state index in [0.29, 0.717) is 18.9 Å². The third kappa shape index (κ3) is 6.22. The Bertz CT molecular complexity index is 1330. The first-order chi connectivity index (χ1) is 16.2. The van der Waals surface area contributed by atoms with Crippen molar-refractivity contribution in [2.75, 3.05) is 18.4 Å². The molecule has 1 amide bonds. The van der Waals surface area contributed by atoms with Gasteiger partial charge < -0.3 is 9.88 Å². The van der Waals surface area contributed by atoms with Crippen molar-refractivity contribution in [2.24, 2.45) is 7.05 Å². The van der Waals surface area contributed by atoms with Crippen LogP contribution >= 0.6 is 0 Å². The predicted octanol–water partition coefficient (Wildman–Crippen LogP) is 1.68. The summed E-state index contributed by atoms with van der Waals surface area (Å²) in [6, 6.07) is 1.36. The van der Waals surface area contributed by atoms with Crippen LogP contribution in [0.15, 0.2) is 29.3 Å². The highest BCUT2D eigenvalue weighted by Gasteiger charge is 2.34. The molecule has 1 atom stereocenters. The molecule has 1 aliphatic rings. The predicted molar refractivity (Wildman–Crippen MR) is 122 cm³/mol. The van der Waals surface area contributed by atoms with E-state index in [1.807, 2.05) is 0 Å². The summed E-state index contributed by atoms with van der Waals surface area (Å²) in [7, 11) is -7.06. The van der Waals surface area contributed by atoms with Crippen molar-refractivity contribution < 1.29 is 34.8 Å². The standard InChI is InChI=1S/C20H26F3N5O5S2/c1-12(2)25-35(32,33)28-8-4-5-14(10-28)26-34(30,31)17-11-27(3)19(18(17)23)20(29)24-13-6-7-15(21)16(22)9-13/h6-7,9,11-12,14,25-26H,4-5,8,10H2,1-3H3,(H,24,29). The van der Waals surface area contributed by atoms with Gasteiger partial charge in [-0.15, -0.1) is 0 Å². The molecule has 0 bridgehead atoms. The number of nitrogens with one attached hydrogen (secondary N) is 3. The maximum atomic E-state index is 15.1. The van der Waals surface area contributed by atoms with Crippen LogP contribution in [0.3, 0.4) is 0 Å². The second-order valence-electron chi connectivity index (χ2n) is 8.45. The molecule has 0 saturated carbocycles. The third-order valence-electron chi connectivity index (χ3n) is 5.20. The second kappa shape index (κ2) is 10.3. The summed E-state index contributed by atoms with van der Waals surface area (Å²) in [5.74, 6) is -4.79. The molecule has 2 heterocycles. The highest BCUT2D eigenvalue weighted by Crippen LogP contribution is 2.23. The zero-order chi connectivity index (χ0) is 26.1. The number of aromatic nitrogens is 1. The van der Waals surface area contributed by atoms with Gasteiger partial charge in [0, 0.05) is 50.2 Å². The lowest BCUT2D eigenvalue weighted by molar-refractivity contribution is 0.101. The van der Waals surface area contributed by atoms with Crippen molar-refractivity contribution in [3.63, 3.8) is 0 Å². The number of benzene rings is 1. The first kappa shape index (κ1) is 27.1. The van der Waals surface area contributed by atoms with Crippen molar-refractivity contribution in [1.29, 1.82) is 0 Å². The Morgan fingerprint density at radius 2 is 1.80 bits per heavy atom. The van der Waals surface area contributed by atoms with Crippen LogP contribution in [0.25, 0.3) is 0 Å². The van der Waals surface area contributed by atoms with Crippen LogP contribution < -0.4 is 14.8 Å². The number of nitrogens with zero attached hydrogens (tertiary/aromatic N) is 2. The molecule has 1 aliphatic heterocycles. The summed E-state index contributed by atoms with van der Waals surface area (Å²) >= 11 is 0. The van der Waals surface area contributed by atoms with Crippen molar-refractivity contribution in [3.05, 3.63) is 47.5 Å². The topological polar surface area (TPSA) is 130 Å². The monoisotopic (exact) mass is 537 g/mol. The van der Waals surface area contributed by atoms with Gasteiger partial charge in [-0.3, -0.25) is 4.79 Å². The van der Waals surface area contributed by atoms with E-state index in [4.69, 9.17) is 0 Å². The van der Waals surface area contributed by atoms with Crippen molar-refractivity contribution >= 4 is 31.8 Å². The molecular weight excluding hydrogens is 511 g/mol. The molecule has 194 valence electrons. The minimum Gasteiger partial charge on any atom is -0.343 e. The molecule has 1 aromatic carbocycles. The Labute approximate surface area is 201 Å². The summed E-state index contributed by atoms with van der Waals surface area (Å²) in [5, 5.41) is 2.19. The zero-order valence-corrected chi connectivity index (χ0v) is 20.8. The number of piperidine rings is 1. The summed E-state index contributed by atoms with van der Waals surface area (Å²) in [4.78, 5) is 11.7. The summed E-state index contributed by atoms with van der Waals surface area (Å²) in [5.41, 5.74) is -0.806. The first-order valence-electron chi connectivity index (χ1n) is 10.6. The maximum Gasteiger partial charge on any atom is 0.279 e. The highest BCUT2D eigenvalue weighted by molar-refractivity contribution is 7.89. The number of amides is 1. The van der Waals surface area contributed by atoms with Gasteiger partial charge in [0.05, 0.1) is 0 Å². The van der Waals surface area contributed by atoms with E-state index in [1.54, 1.807) is 13.8 Å². The number of sulfonamides is 1. The fraction of sp³-hybridized carbons (Fsp3) is 0.450. The van der Waals surface area contributed by atoms with E-state index >= 15 is 4.39 Å². The SMILES string of the molecule is CC(C)NS(=O)(=O)N1CCCC(NS(=O)(=O)c2cn(C)c(C(=O)Nc3ccc(F)c(F)c3)c2F)C1. The van der Waals surface area contributed by atoms with Gasteiger partial charge >= 0.3 is 0 Å². The zero-order valence-electron chi connectivity index (χ0n) is 19.2. The van der Waals surface area contributed by atoms with Crippen LogP contribution in [0.4, 0.5) is 18.9 Å². The van der Waals surface area contributed by atoms with Gasteiger partial charge in [-0.25, -0.2) is 26.3 Å². The lowest BCUT2D eigenvalue weighted by Crippen LogP contribution is -2.53. The molecule has 3 N–H and O–H groups in total. The summed E-state index contributed by atoms with van der Waals surface area (Å²) in [6.45, 7) is 3.36. The van der Waals surface area contributed by atoms with Gasteiger partial charge in [0.1, 0.15) is 10.6 Å². The smallest absolute Gasteiger partial charge is 0.279 e. The molecule has 1 unspecified atom stereocenters. The van der Waals surface area contributed by atoms with Crippen LogP contribution in [0.5, 0.6) is 0 Å². The Morgan fingerprint density at radius 3 is 2.43 bits per heavy atom. The third-order valence-corrected chi connectivity index (χ3v) is 8.49. The van der Waals surface area contributed by atoms with Crippen molar-refractivity contribution in [3.8, 4) is 0 Å². The number of aryl methyl sites for hydroxylation is 1. The quantitative estimate of drug-likeness (QED) is 0.472. The van der Waals surface area contributed by atoms with Gasteiger partial charge in [0.15, 0.2) is 17.5 Å². The lowest BCUT2D eigenvalue weighted by Gasteiger charge is -2.32. The Morgan fingerprint density at radius 1 is 1.11 bits per heavy atom. The molecule has 2 aromatic rings. The molecule has 3 rings (SSSR count). The van der Waals surface area contributed by atoms with Crippen LogP contribution in [0, 0.1) is 17.5 Å². The van der Waals surface area contributed by atoms with E-state index in [0.717, 1.165) is 27.2 Å². The minimum atomic E-state index is -4.48. The van der Waals surface area contributed by atoms with Crippen LogP contribution in [0.1, 0.15) is 37.2 Å². The van der Waals surface area contributed by atoms with Gasteiger partial charge in [-0.1, -0.05) is 0 Å². The maximum absolute atomic E-state index is 15.1. The molecule has 15 heteroatoms. The molecule has 1 fully saturated rings. The van der Waals surface area contributed by atoms with E-state index in [9.17, 15) is 30.4 Å². The second-order valence-corrected chi connectivity index (χ2v) is 11.8. The highest BCUT2D eigenvalue weighted by atomic mass is 32.2. The molecular formula is C20H26F3N5O5S2. The van der Waals surface area contributed by atoms with Crippen LogP contribution in [-0.4, -0.2) is 56.8 Å². The van der Waals surface area contributed by atoms with Gasteiger partial charge in [-0.05, 0) is 38.8 Å². The fourth-order valence-electron chi connectivity index (χ4n) is 3.69. The van der Waals surface area contributed by atoms with Gasteiger partial charge in [0.2, 0.25) is 10.0 Å². The summed E-state index contributed by atoms with van der Waals surface area (Å²) in [6.07, 6.45) is 1.60. The van der Waals surface area contributed by atoms with E-state index in [-0.39, 0.29) is 24.8 Å². The molecule has 1 saturated heterocycles. The lowest BCUT2D eigenvalue weighted by atomic mass is 10.1. The first-order valence-corrected chi connectivity index (χ1v) is 13.5. The number of anilines is 1. The van der Waals surface area contributed by atoms with Crippen LogP contribution in [-0.2, 0) is 27.3 Å². The normalized spacial score (nSPS) is 17.6. The van der Waals surface area contributed by atoms with Crippen LogP contribution in [0.2, 0.25) is 0 Å². The number of carbonyl (C=O) groups is 1. The van der Waals surface area contributed by atoms with E-state index in [2.05, 4.69) is 14.8 Å². The number of carbonyl (C=O) groups excluding carboxylic acids is 1. The summed E-state index contributed by atoms with van der Waals surface area (Å²) < 4.78 is 99.1. The van der Waals surface area contributed by atoms with Gasteiger partial charge in [-0.2, -0.15) is 17.4 Å². The van der Waals surface area contributed by atoms with E-state index < -0.39 is 60.2 Å². The molecule has 1 aromatic heterocycles. The Hall–Kier alpha value is -2.46. The van der Waals surface area contributed by atoms with E-state index in [1.165, 1.54) is 7.05 Å². The number of halogens is 3. The fourth-order valence-corrected chi connectivity index (χ4v) is 6.57. The van der Waals surface area contributed by atoms with Crippen molar-refractivity contribution in [2.45, 2.75) is 43.7 Å². The number of rotatable bonds is 8. The number of hydrogen-bond acceptors (Lipinski definition) is 5. The molecule has 35 heavy (non-hydrogen) atoms. The molecule has 0 spiro atoms. The average Bonchev–Trinajstić information content (AvgIpc) is 3.04. The molecule has 10 nitrogen and oxygen atoms in total. The average molecular weight is 538 g/mol. The minimum absolute atomic E-state index is 0.154. The largest absolute Gasteiger partial charge is 0.343 e. The number of hydrogen-bond donors (Lipinski definition) is 3. The molecule has 0 radical (unpaired) electrons. The molecule has 0 aliphatic carbocycles. The Kier molecular flexibility index (Phi) is 7.96.